The van der Waals surface area contributed by atoms with E-state index >= 15 is 33.2 Å². The van der Waals surface area contributed by atoms with Crippen molar-refractivity contribution in [3.63, 3.8) is 0 Å². The summed E-state index contributed by atoms with van der Waals surface area (Å²) >= 11 is 0. The summed E-state index contributed by atoms with van der Waals surface area (Å²) in [4.78, 5) is 193. The second-order valence-corrected chi connectivity index (χ2v) is 33.5. The van der Waals surface area contributed by atoms with Crippen LogP contribution in [0.3, 0.4) is 0 Å². The zero-order chi connectivity index (χ0) is 86.5. The number of quaternary nitrogens is 1. The predicted octanol–water partition coefficient (Wildman–Crippen LogP) is 6.51. The molecule has 646 valence electrons. The summed E-state index contributed by atoms with van der Waals surface area (Å²) in [5, 5.41) is 35.1. The van der Waals surface area contributed by atoms with E-state index in [9.17, 15) is 47.0 Å². The van der Waals surface area contributed by atoms with Crippen molar-refractivity contribution in [1.29, 1.82) is 0 Å². The Hall–Kier alpha value is -10.3. The molecule has 4 aromatic carbocycles. The average molecular weight is 1660 g/mol. The molecule has 2 saturated heterocycles. The maximum absolute atomic E-state index is 16.3. The van der Waals surface area contributed by atoms with E-state index in [2.05, 4.69) is 47.7 Å². The Morgan fingerprint density at radius 2 is 1.39 bits per heavy atom. The number of aliphatic carboxylic acids is 1. The molecule has 0 saturated carbocycles. The van der Waals surface area contributed by atoms with Gasteiger partial charge < -0.3 is 74.8 Å². The van der Waals surface area contributed by atoms with Crippen LogP contribution in [0.25, 0.3) is 10.9 Å². The van der Waals surface area contributed by atoms with Crippen molar-refractivity contribution in [3.8, 4) is 5.75 Å². The van der Waals surface area contributed by atoms with Gasteiger partial charge in [-0.2, -0.15) is 13.2 Å². The second-order valence-electron chi connectivity index (χ2n) is 33.5. The number of hydrogen-bond donors (Lipinski definition) is 6. The van der Waals surface area contributed by atoms with Crippen molar-refractivity contribution in [2.45, 2.75) is 242 Å². The van der Waals surface area contributed by atoms with Crippen molar-refractivity contribution in [2.24, 2.45) is 11.8 Å². The van der Waals surface area contributed by atoms with Crippen LogP contribution < -0.4 is 36.4 Å². The van der Waals surface area contributed by atoms with Gasteiger partial charge in [0.25, 0.3) is 0 Å². The van der Waals surface area contributed by atoms with Crippen LogP contribution in [0, 0.1) is 17.7 Å². The summed E-state index contributed by atoms with van der Waals surface area (Å²) in [6.45, 7) is 5.73. The zero-order valence-electron chi connectivity index (χ0n) is 69.1. The smallest absolute Gasteiger partial charge is 0.430 e. The number of aliphatic hydroxyl groups is 1. The van der Waals surface area contributed by atoms with Crippen molar-refractivity contribution in [2.75, 3.05) is 61.0 Å². The Morgan fingerprint density at radius 3 is 2.09 bits per heavy atom. The Kier molecular flexibility index (Phi) is 33.2. The highest BCUT2D eigenvalue weighted by Gasteiger charge is 2.50. The number of amides is 8. The quantitative estimate of drug-likeness (QED) is 0.0416. The molecule has 31 heteroatoms. The van der Waals surface area contributed by atoms with Crippen molar-refractivity contribution in [1.82, 2.24) is 45.9 Å². The number of carbonyl (C=O) groups excluding carboxylic acids is 13. The Balaban J connectivity index is 0.00000220. The summed E-state index contributed by atoms with van der Waals surface area (Å²) in [5.41, 5.74) is 3.22. The number of ether oxygens (including phenoxy) is 2. The van der Waals surface area contributed by atoms with Crippen LogP contribution in [-0.2, 0) is 112 Å². The van der Waals surface area contributed by atoms with E-state index in [1.807, 2.05) is 35.0 Å². The largest absolute Gasteiger partial charge is 0.542 e. The fraction of sp³-hybridized carbons (Fsp3) is 0.557. The molecule has 10 rings (SSSR count). The van der Waals surface area contributed by atoms with Gasteiger partial charge in [-0.05, 0) is 161 Å². The van der Waals surface area contributed by atoms with E-state index in [1.54, 1.807) is 66.4 Å². The minimum Gasteiger partial charge on any atom is -0.542 e. The number of alkyl halides is 3. The topological polar surface area (TPSA) is 358 Å². The monoisotopic (exact) mass is 1660 g/mol. The maximum atomic E-state index is 16.3. The van der Waals surface area contributed by atoms with Gasteiger partial charge in [0.2, 0.25) is 47.3 Å². The third-order valence-corrected chi connectivity index (χ3v) is 23.0. The third kappa shape index (κ3) is 26.6. The number of fused-ring (bicyclic) bond motifs is 14. The maximum Gasteiger partial charge on any atom is 0.430 e. The molecule has 1 aromatic heterocycles. The molecule has 0 aliphatic carbocycles. The minimum atomic E-state index is -5.19. The van der Waals surface area contributed by atoms with E-state index in [-0.39, 0.29) is 120 Å². The number of carboxylic acids is 1. The fourth-order valence-corrected chi connectivity index (χ4v) is 16.4. The first-order valence-corrected chi connectivity index (χ1v) is 41.4. The van der Waals surface area contributed by atoms with Crippen LogP contribution in [0.2, 0.25) is 0 Å². The number of ketones is 4. The van der Waals surface area contributed by atoms with Crippen LogP contribution in [0.1, 0.15) is 176 Å². The second kappa shape index (κ2) is 42.6. The summed E-state index contributed by atoms with van der Waals surface area (Å²) < 4.78 is 61.9. The highest BCUT2D eigenvalue weighted by atomic mass is 19.4. The van der Waals surface area contributed by atoms with Crippen molar-refractivity contribution < 1.29 is 104 Å². The van der Waals surface area contributed by atoms with Crippen LogP contribution in [0.5, 0.6) is 5.75 Å². The van der Waals surface area contributed by atoms with Gasteiger partial charge in [0.15, 0.2) is 11.6 Å². The molecule has 6 N–H and O–H groups in total. The number of halogens is 4. The summed E-state index contributed by atoms with van der Waals surface area (Å²) in [5.74, 6) is -12.6. The molecule has 0 radical (unpaired) electrons. The lowest BCUT2D eigenvalue weighted by atomic mass is 9.88. The molecule has 27 nitrogen and oxygen atoms in total. The number of aliphatic hydroxyl groups excluding tert-OH is 1. The van der Waals surface area contributed by atoms with Crippen molar-refractivity contribution in [3.05, 3.63) is 136 Å². The van der Waals surface area contributed by atoms with Gasteiger partial charge in [-0.1, -0.05) is 80.4 Å². The molecule has 0 spiro atoms. The van der Waals surface area contributed by atoms with Crippen LogP contribution in [0.4, 0.5) is 17.6 Å². The number of aromatic nitrogens is 1. The molecule has 5 aliphatic rings. The van der Waals surface area contributed by atoms with Gasteiger partial charge in [-0.15, -0.1) is 0 Å². The van der Waals surface area contributed by atoms with Gasteiger partial charge >= 0.3 is 6.18 Å². The lowest BCUT2D eigenvalue weighted by molar-refractivity contribution is -0.870. The number of aryl methyl sites for hydroxylation is 2. The molecule has 0 unspecified atom stereocenters. The number of carboxylic acid groups (broad SMARTS) is 1. The molecule has 12 bridgehead atoms. The molecule has 2 fully saturated rings. The van der Waals surface area contributed by atoms with Crippen LogP contribution in [-0.4, -0.2) is 220 Å². The fourth-order valence-electron chi connectivity index (χ4n) is 16.4. The highest BCUT2D eigenvalue weighted by molar-refractivity contribution is 6.00. The SMILES string of the molecule is COc1ccc(C[C@@H]2NC(=O)[C@H]([C@@H](C)O)NC(=O)[C@@H]3[C@@H]4CCN3C(=O)[C@H]3CC(=O)[C@H](Cc5cccc(c5)CNC(=O)CO4)NC(=O)[C@@H](CCC(=O)CCCCC[N+](C)(C)C)NC(=O)[C@H](C)CC(=O)CCC(=O)N(CCCCCCn4cc(c5cc(F)ccc54)C3)Cc3cccc(c3)CCCC(=O)[C@]3(C)CCCN3C2=O)cc1.O=C([O-])C(F)(F)F. The number of benzene rings is 4. The molecule has 5 aliphatic heterocycles. The van der Waals surface area contributed by atoms with Gasteiger partial charge in [0.1, 0.15) is 59.9 Å². The van der Waals surface area contributed by atoms with E-state index in [1.165, 1.54) is 42.9 Å². The Bertz CT molecular complexity index is 4470. The van der Waals surface area contributed by atoms with E-state index in [0.29, 0.717) is 110 Å². The number of nitrogens with zero attached hydrogens (tertiary/aromatic N) is 5. The molecular formula is C88H114F4N10O17. The minimum absolute atomic E-state index is 0.0425. The van der Waals surface area contributed by atoms with Crippen molar-refractivity contribution >= 4 is 87.3 Å². The Labute approximate surface area is 691 Å². The van der Waals surface area contributed by atoms with E-state index in [0.717, 1.165) is 35.0 Å². The first-order chi connectivity index (χ1) is 56.5. The summed E-state index contributed by atoms with van der Waals surface area (Å²) in [6, 6.07) is 18.1. The number of hydrogen-bond acceptors (Lipinski definition) is 17. The predicted molar refractivity (Wildman–Crippen MR) is 429 cm³/mol. The van der Waals surface area contributed by atoms with Gasteiger partial charge in [0, 0.05) is 120 Å². The lowest BCUT2D eigenvalue weighted by Crippen LogP contribution is -2.62. The molecule has 8 amide bonds. The highest BCUT2D eigenvalue weighted by Crippen LogP contribution is 2.35. The van der Waals surface area contributed by atoms with Gasteiger partial charge in [0.05, 0.1) is 58.6 Å². The van der Waals surface area contributed by atoms with E-state index < -0.39 is 138 Å². The number of carbonyl (C=O) groups is 13. The van der Waals surface area contributed by atoms with E-state index in [4.69, 9.17) is 19.4 Å². The number of nitrogens with one attached hydrogen (secondary N) is 5. The number of rotatable bonds is 13. The zero-order valence-corrected chi connectivity index (χ0v) is 69.1. The normalized spacial score (nSPS) is 24.3. The van der Waals surface area contributed by atoms with Crippen LogP contribution in [0.15, 0.2) is 97.2 Å². The average Bonchev–Trinajstić information content (AvgIpc) is 1.65. The molecule has 5 aromatic rings. The lowest BCUT2D eigenvalue weighted by Gasteiger charge is -2.37. The number of methoxy groups -OCH3 is 1. The standard InChI is InChI=1S/C86H113FN10O15.C2HF3O2/c1-55-43-66(100)30-35-77(104)94-39-13-9-8-12-38-93-53-63(68-50-64(87)28-34-72(68)93)48-62-49-73(101)70(90-81(106)69(89-80(55)105)33-29-65(99)24-11-10-14-42-97(4,5)6)47-59-21-16-22-60(45-59)51-88-76(103)54-112-74-36-41-95(84(62)109)79(74)83(108)92-78(56(2)98)82(107)91-71(46-58-26-31-67(111-7)32-27-58)85(110)96-40-18-37-86(96,3)75(102)25-17-20-57-19-15-23-61(44-57)52-94;3-2(4,5)1(6)7/h15-16,19,21-23,26-28,31-32,34,44-45,50,53,55-56,62,69-71,74,78-79,98H,8-14,17-18,20,24-25,29-30,33,35-43,46-49,51-52,54H2,1-7H3,(H4-,88,89,90,91,92,103,105,106,107,108);(H,6,7)/t55-,56-,62-,69-,70+,71+,74+,78+,79+,86+;/m1./s1. The molecular weight excluding hydrogens is 1550 g/mol. The molecule has 119 heavy (non-hydrogen) atoms. The Morgan fingerprint density at radius 1 is 0.697 bits per heavy atom. The summed E-state index contributed by atoms with van der Waals surface area (Å²) in [6.07, 6.45) is -1.62. The third-order valence-electron chi connectivity index (χ3n) is 23.0. The van der Waals surface area contributed by atoms with Crippen LogP contribution >= 0.6 is 0 Å². The number of unbranched alkanes of at least 4 members (excludes halogenated alkanes) is 2. The number of Topliss-reactive ketones (excluding diaryl/α,β-unsaturated/α-hetero) is 4. The van der Waals surface area contributed by atoms with Gasteiger partial charge in [-0.3, -0.25) is 57.5 Å². The summed E-state index contributed by atoms with van der Waals surface area (Å²) in [7, 11) is 7.77. The molecule has 10 atom stereocenters. The first kappa shape index (κ1) is 92.6. The first-order valence-electron chi connectivity index (χ1n) is 41.4. The van der Waals surface area contributed by atoms with Gasteiger partial charge in [-0.25, -0.2) is 4.39 Å². The molecule has 6 heterocycles.